The van der Waals surface area contributed by atoms with E-state index in [0.717, 1.165) is 25.0 Å². The van der Waals surface area contributed by atoms with Crippen molar-refractivity contribution in [3.05, 3.63) is 34.9 Å². The molecule has 0 aliphatic carbocycles. The molecule has 0 saturated carbocycles. The van der Waals surface area contributed by atoms with E-state index in [9.17, 15) is 26.3 Å². The first-order valence-corrected chi connectivity index (χ1v) is 11.8. The second-order valence-corrected chi connectivity index (χ2v) is 9.25. The summed E-state index contributed by atoms with van der Waals surface area (Å²) in [5, 5.41) is 0. The van der Waals surface area contributed by atoms with Crippen molar-refractivity contribution in [1.29, 1.82) is 0 Å². The predicted octanol–water partition coefficient (Wildman–Crippen LogP) is 5.72. The SMILES string of the molecule is CCCCN(CCCO[SiH](C)C)Cc1cc(C(F)(F)F)cc(C(F)(F)F)c1. The van der Waals surface area contributed by atoms with Crippen LogP contribution in [0.5, 0.6) is 0 Å². The first kappa shape index (κ1) is 24.0. The molecule has 1 rings (SSSR count). The van der Waals surface area contributed by atoms with Gasteiger partial charge in [0.25, 0.3) is 0 Å². The van der Waals surface area contributed by atoms with E-state index in [-0.39, 0.29) is 18.2 Å². The molecule has 0 N–H and O–H groups in total. The zero-order valence-electron chi connectivity index (χ0n) is 15.9. The van der Waals surface area contributed by atoms with E-state index in [1.54, 1.807) is 0 Å². The summed E-state index contributed by atoms with van der Waals surface area (Å²) < 4.78 is 83.6. The molecule has 27 heavy (non-hydrogen) atoms. The van der Waals surface area contributed by atoms with Gasteiger partial charge < -0.3 is 4.43 Å². The number of hydrogen-bond donors (Lipinski definition) is 0. The van der Waals surface area contributed by atoms with Crippen LogP contribution < -0.4 is 0 Å². The summed E-state index contributed by atoms with van der Waals surface area (Å²) in [5.74, 6) is 0. The number of rotatable bonds is 10. The molecule has 2 nitrogen and oxygen atoms in total. The van der Waals surface area contributed by atoms with Crippen LogP contribution in [0.4, 0.5) is 26.3 Å². The van der Waals surface area contributed by atoms with Crippen LogP contribution in [0.3, 0.4) is 0 Å². The monoisotopic (exact) mass is 415 g/mol. The van der Waals surface area contributed by atoms with E-state index in [0.29, 0.717) is 26.1 Å². The van der Waals surface area contributed by atoms with Gasteiger partial charge in [-0.15, -0.1) is 0 Å². The molecule has 0 amide bonds. The summed E-state index contributed by atoms with van der Waals surface area (Å²) in [4.78, 5) is 1.89. The number of benzene rings is 1. The lowest BCUT2D eigenvalue weighted by Crippen LogP contribution is -2.27. The summed E-state index contributed by atoms with van der Waals surface area (Å²) in [5.41, 5.74) is -2.51. The third-order valence-electron chi connectivity index (χ3n) is 3.95. The molecule has 9 heteroatoms. The van der Waals surface area contributed by atoms with Crippen molar-refractivity contribution in [1.82, 2.24) is 4.90 Å². The molecule has 0 bridgehead atoms. The van der Waals surface area contributed by atoms with Crippen molar-refractivity contribution < 1.29 is 30.8 Å². The minimum atomic E-state index is -4.82. The molecule has 0 aliphatic heterocycles. The van der Waals surface area contributed by atoms with Gasteiger partial charge in [-0.1, -0.05) is 13.3 Å². The van der Waals surface area contributed by atoms with Crippen molar-refractivity contribution in [2.24, 2.45) is 0 Å². The fourth-order valence-electron chi connectivity index (χ4n) is 2.63. The molecule has 1 aromatic carbocycles. The summed E-state index contributed by atoms with van der Waals surface area (Å²) in [7, 11) is -1.14. The number of unbranched alkanes of at least 4 members (excludes halogenated alkanes) is 1. The van der Waals surface area contributed by atoms with Gasteiger partial charge in [0, 0.05) is 19.7 Å². The Morgan fingerprint density at radius 2 is 1.41 bits per heavy atom. The van der Waals surface area contributed by atoms with Crippen LogP contribution in [0.1, 0.15) is 42.9 Å². The summed E-state index contributed by atoms with van der Waals surface area (Å²) >= 11 is 0. The van der Waals surface area contributed by atoms with E-state index < -0.39 is 32.5 Å². The molecular formula is C18H27F6NOSi. The Labute approximate surface area is 158 Å². The van der Waals surface area contributed by atoms with Gasteiger partial charge in [-0.3, -0.25) is 4.90 Å². The molecule has 0 aliphatic rings. The average Bonchev–Trinajstić information content (AvgIpc) is 2.54. The summed E-state index contributed by atoms with van der Waals surface area (Å²) in [6, 6.07) is 1.79. The predicted molar refractivity (Wildman–Crippen MR) is 96.1 cm³/mol. The van der Waals surface area contributed by atoms with Gasteiger partial charge in [0.05, 0.1) is 11.1 Å². The Balaban J connectivity index is 2.97. The van der Waals surface area contributed by atoms with Gasteiger partial charge in [0.2, 0.25) is 0 Å². The van der Waals surface area contributed by atoms with Crippen LogP contribution in [0.25, 0.3) is 0 Å². The van der Waals surface area contributed by atoms with E-state index in [4.69, 9.17) is 4.43 Å². The topological polar surface area (TPSA) is 12.5 Å². The Bertz CT molecular complexity index is 542. The first-order valence-electron chi connectivity index (χ1n) is 9.05. The molecule has 156 valence electrons. The molecule has 0 spiro atoms. The minimum absolute atomic E-state index is 0.0207. The smallest absolute Gasteiger partial charge is 0.416 e. The molecule has 0 heterocycles. The molecule has 0 fully saturated rings. The maximum absolute atomic E-state index is 13.0. The van der Waals surface area contributed by atoms with E-state index >= 15 is 0 Å². The average molecular weight is 415 g/mol. The van der Waals surface area contributed by atoms with E-state index in [1.807, 2.05) is 24.9 Å². The van der Waals surface area contributed by atoms with Gasteiger partial charge in [-0.05, 0) is 56.2 Å². The number of nitrogens with zero attached hydrogens (tertiary/aromatic N) is 1. The third-order valence-corrected chi connectivity index (χ3v) is 4.85. The molecule has 0 saturated heterocycles. The van der Waals surface area contributed by atoms with Crippen molar-refractivity contribution in [3.8, 4) is 0 Å². The molecule has 0 radical (unpaired) electrons. The number of hydrogen-bond acceptors (Lipinski definition) is 2. The van der Waals surface area contributed by atoms with Crippen LogP contribution in [-0.4, -0.2) is 33.6 Å². The molecule has 1 aromatic rings. The van der Waals surface area contributed by atoms with Crippen LogP contribution in [0, 0.1) is 0 Å². The van der Waals surface area contributed by atoms with E-state index in [2.05, 4.69) is 0 Å². The van der Waals surface area contributed by atoms with Crippen molar-refractivity contribution in [2.75, 3.05) is 19.7 Å². The van der Waals surface area contributed by atoms with Gasteiger partial charge in [0.1, 0.15) is 0 Å². The van der Waals surface area contributed by atoms with Gasteiger partial charge in [-0.2, -0.15) is 26.3 Å². The standard InChI is InChI=1S/C18H27F6NOSi/c1-4-5-7-25(8-6-9-26-27(2)3)13-14-10-15(17(19,20)21)12-16(11-14)18(22,23)24/h10-12,27H,4-9,13H2,1-3H3. The quantitative estimate of drug-likeness (QED) is 0.275. The van der Waals surface area contributed by atoms with Gasteiger partial charge in [0.15, 0.2) is 9.04 Å². The summed E-state index contributed by atoms with van der Waals surface area (Å²) in [6.07, 6.45) is -7.23. The van der Waals surface area contributed by atoms with Crippen LogP contribution in [0.15, 0.2) is 18.2 Å². The van der Waals surface area contributed by atoms with Crippen molar-refractivity contribution in [2.45, 2.75) is 58.2 Å². The number of alkyl halides is 6. The van der Waals surface area contributed by atoms with Crippen LogP contribution in [0.2, 0.25) is 13.1 Å². The van der Waals surface area contributed by atoms with Crippen LogP contribution >= 0.6 is 0 Å². The zero-order valence-corrected chi connectivity index (χ0v) is 17.0. The van der Waals surface area contributed by atoms with E-state index in [1.165, 1.54) is 0 Å². The second kappa shape index (κ2) is 10.5. The lowest BCUT2D eigenvalue weighted by atomic mass is 10.0. The molecular weight excluding hydrogens is 388 g/mol. The maximum atomic E-state index is 13.0. The Morgan fingerprint density at radius 1 is 0.889 bits per heavy atom. The normalized spacial score (nSPS) is 13.0. The number of halogens is 6. The lowest BCUT2D eigenvalue weighted by molar-refractivity contribution is -0.143. The van der Waals surface area contributed by atoms with Crippen LogP contribution in [-0.2, 0) is 23.3 Å². The lowest BCUT2D eigenvalue weighted by Gasteiger charge is -2.24. The van der Waals surface area contributed by atoms with Gasteiger partial charge >= 0.3 is 12.4 Å². The highest BCUT2D eigenvalue weighted by atomic mass is 28.3. The summed E-state index contributed by atoms with van der Waals surface area (Å²) in [6.45, 7) is 7.85. The van der Waals surface area contributed by atoms with Gasteiger partial charge in [-0.25, -0.2) is 0 Å². The highest BCUT2D eigenvalue weighted by molar-refractivity contribution is 6.48. The second-order valence-electron chi connectivity index (χ2n) is 6.82. The fraction of sp³-hybridized carbons (Fsp3) is 0.667. The zero-order chi connectivity index (χ0) is 20.7. The largest absolute Gasteiger partial charge is 0.421 e. The Morgan fingerprint density at radius 3 is 1.85 bits per heavy atom. The molecule has 0 unspecified atom stereocenters. The molecule has 0 aromatic heterocycles. The fourth-order valence-corrected chi connectivity index (χ4v) is 3.27. The Hall–Kier alpha value is -1.06. The third kappa shape index (κ3) is 9.12. The van der Waals surface area contributed by atoms with Crippen molar-refractivity contribution >= 4 is 9.04 Å². The Kier molecular flexibility index (Phi) is 9.30. The minimum Gasteiger partial charge on any atom is -0.421 e. The highest BCUT2D eigenvalue weighted by Crippen LogP contribution is 2.36. The van der Waals surface area contributed by atoms with Crippen molar-refractivity contribution in [3.63, 3.8) is 0 Å². The highest BCUT2D eigenvalue weighted by Gasteiger charge is 2.36. The molecule has 0 atom stereocenters. The maximum Gasteiger partial charge on any atom is 0.416 e. The first-order chi connectivity index (χ1) is 12.4.